The predicted octanol–water partition coefficient (Wildman–Crippen LogP) is 2.09. The molecule has 1 fully saturated rings. The van der Waals surface area contributed by atoms with Crippen LogP contribution >= 0.6 is 0 Å². The van der Waals surface area contributed by atoms with Crippen LogP contribution in [0.3, 0.4) is 0 Å². The minimum absolute atomic E-state index is 0.0981. The van der Waals surface area contributed by atoms with Crippen LogP contribution in [0, 0.1) is 5.41 Å². The zero-order chi connectivity index (χ0) is 14.3. The molecule has 1 amide bonds. The van der Waals surface area contributed by atoms with E-state index in [1.165, 1.54) is 25.7 Å². The monoisotopic (exact) mass is 270 g/mol. The molecular formula is C15H30N2O2. The van der Waals surface area contributed by atoms with E-state index in [0.717, 1.165) is 6.42 Å². The van der Waals surface area contributed by atoms with E-state index in [-0.39, 0.29) is 11.9 Å². The van der Waals surface area contributed by atoms with E-state index in [9.17, 15) is 4.79 Å². The van der Waals surface area contributed by atoms with Crippen LogP contribution in [0.15, 0.2) is 0 Å². The van der Waals surface area contributed by atoms with Gasteiger partial charge in [0.15, 0.2) is 0 Å². The lowest BCUT2D eigenvalue weighted by atomic mass is 9.75. The highest BCUT2D eigenvalue weighted by molar-refractivity contribution is 5.81. The van der Waals surface area contributed by atoms with Crippen molar-refractivity contribution >= 4 is 5.91 Å². The number of methoxy groups -OCH3 is 1. The average Bonchev–Trinajstić information content (AvgIpc) is 2.37. The number of nitrogens with one attached hydrogen (secondary N) is 2. The van der Waals surface area contributed by atoms with E-state index in [0.29, 0.717) is 24.6 Å². The lowest BCUT2D eigenvalue weighted by Gasteiger charge is -2.35. The van der Waals surface area contributed by atoms with Gasteiger partial charge in [0.05, 0.1) is 6.04 Å². The van der Waals surface area contributed by atoms with Crippen LogP contribution in [0.1, 0.15) is 52.9 Å². The Labute approximate surface area is 117 Å². The Hall–Kier alpha value is -0.610. The first-order valence-electron chi connectivity index (χ1n) is 7.47. The molecule has 1 rings (SSSR count). The molecule has 112 valence electrons. The highest BCUT2D eigenvalue weighted by Gasteiger charge is 2.28. The van der Waals surface area contributed by atoms with Gasteiger partial charge >= 0.3 is 0 Å². The van der Waals surface area contributed by atoms with Gasteiger partial charge in [-0.05, 0) is 44.4 Å². The summed E-state index contributed by atoms with van der Waals surface area (Å²) in [4.78, 5) is 11.9. The Balaban J connectivity index is 2.19. The van der Waals surface area contributed by atoms with Crippen LogP contribution in [0.2, 0.25) is 0 Å². The normalized spacial score (nSPS) is 21.1. The summed E-state index contributed by atoms with van der Waals surface area (Å²) in [5.41, 5.74) is 0.476. The van der Waals surface area contributed by atoms with Gasteiger partial charge in [-0.15, -0.1) is 0 Å². The van der Waals surface area contributed by atoms with Crippen molar-refractivity contribution in [2.24, 2.45) is 5.41 Å². The second-order valence-corrected chi connectivity index (χ2v) is 6.46. The fourth-order valence-corrected chi connectivity index (χ4v) is 2.58. The standard InChI is InChI=1S/C15H30N2O2/c1-12(14(18)16-10-5-11-19-4)17-13-6-8-15(2,3)9-7-13/h12-13,17H,5-11H2,1-4H3,(H,16,18). The highest BCUT2D eigenvalue weighted by atomic mass is 16.5. The zero-order valence-corrected chi connectivity index (χ0v) is 12.9. The van der Waals surface area contributed by atoms with Gasteiger partial charge in [-0.1, -0.05) is 13.8 Å². The molecule has 1 aliphatic rings. The van der Waals surface area contributed by atoms with Crippen molar-refractivity contribution in [3.8, 4) is 0 Å². The third-order valence-electron chi connectivity index (χ3n) is 4.04. The van der Waals surface area contributed by atoms with Gasteiger partial charge < -0.3 is 15.4 Å². The number of carbonyl (C=O) groups is 1. The fraction of sp³-hybridized carbons (Fsp3) is 0.933. The lowest BCUT2D eigenvalue weighted by molar-refractivity contribution is -0.123. The first-order valence-corrected chi connectivity index (χ1v) is 7.47. The van der Waals surface area contributed by atoms with Gasteiger partial charge in [0.2, 0.25) is 5.91 Å². The number of rotatable bonds is 7. The Morgan fingerprint density at radius 2 is 2.00 bits per heavy atom. The number of hydrogen-bond donors (Lipinski definition) is 2. The van der Waals surface area contributed by atoms with E-state index in [4.69, 9.17) is 4.74 Å². The molecule has 0 radical (unpaired) electrons. The molecule has 0 heterocycles. The third-order valence-corrected chi connectivity index (χ3v) is 4.04. The quantitative estimate of drug-likeness (QED) is 0.696. The molecule has 2 N–H and O–H groups in total. The van der Waals surface area contributed by atoms with Crippen molar-refractivity contribution in [2.45, 2.75) is 65.0 Å². The molecule has 19 heavy (non-hydrogen) atoms. The van der Waals surface area contributed by atoms with E-state index in [2.05, 4.69) is 24.5 Å². The van der Waals surface area contributed by atoms with Crippen molar-refractivity contribution in [2.75, 3.05) is 20.3 Å². The zero-order valence-electron chi connectivity index (χ0n) is 12.9. The van der Waals surface area contributed by atoms with Crippen molar-refractivity contribution in [1.82, 2.24) is 10.6 Å². The molecule has 0 aromatic rings. The van der Waals surface area contributed by atoms with Crippen LogP contribution in [0.5, 0.6) is 0 Å². The third kappa shape index (κ3) is 6.39. The average molecular weight is 270 g/mol. The Morgan fingerprint density at radius 3 is 2.58 bits per heavy atom. The Bertz CT molecular complexity index is 269. The summed E-state index contributed by atoms with van der Waals surface area (Å²) in [5, 5.41) is 6.40. The molecule has 1 aliphatic carbocycles. The molecule has 1 saturated carbocycles. The lowest BCUT2D eigenvalue weighted by Crippen LogP contribution is -2.48. The maximum absolute atomic E-state index is 11.9. The molecule has 0 bridgehead atoms. The van der Waals surface area contributed by atoms with Gasteiger partial charge in [-0.3, -0.25) is 4.79 Å². The molecule has 1 unspecified atom stereocenters. The van der Waals surface area contributed by atoms with Crippen molar-refractivity contribution in [3.63, 3.8) is 0 Å². The van der Waals surface area contributed by atoms with Gasteiger partial charge in [0, 0.05) is 26.3 Å². The number of hydrogen-bond acceptors (Lipinski definition) is 3. The molecule has 0 saturated heterocycles. The minimum atomic E-state index is -0.103. The molecule has 0 aromatic carbocycles. The van der Waals surface area contributed by atoms with Crippen molar-refractivity contribution in [3.05, 3.63) is 0 Å². The smallest absolute Gasteiger partial charge is 0.236 e. The topological polar surface area (TPSA) is 50.4 Å². The summed E-state index contributed by atoms with van der Waals surface area (Å²) >= 11 is 0. The molecular weight excluding hydrogens is 240 g/mol. The number of carbonyl (C=O) groups excluding carboxylic acids is 1. The SMILES string of the molecule is COCCCNC(=O)C(C)NC1CCC(C)(C)CC1. The Kier molecular flexibility index (Phi) is 6.80. The van der Waals surface area contributed by atoms with Gasteiger partial charge in [-0.25, -0.2) is 0 Å². The summed E-state index contributed by atoms with van der Waals surface area (Å²) in [6, 6.07) is 0.390. The van der Waals surface area contributed by atoms with E-state index in [1.54, 1.807) is 7.11 Å². The summed E-state index contributed by atoms with van der Waals surface area (Å²) in [6.07, 6.45) is 5.70. The van der Waals surface area contributed by atoms with Crippen LogP contribution in [-0.4, -0.2) is 38.3 Å². The Morgan fingerprint density at radius 1 is 1.37 bits per heavy atom. The van der Waals surface area contributed by atoms with Crippen molar-refractivity contribution in [1.29, 1.82) is 0 Å². The molecule has 4 heteroatoms. The molecule has 0 aromatic heterocycles. The van der Waals surface area contributed by atoms with Crippen LogP contribution < -0.4 is 10.6 Å². The summed E-state index contributed by atoms with van der Waals surface area (Å²) < 4.78 is 4.96. The summed E-state index contributed by atoms with van der Waals surface area (Å²) in [7, 11) is 1.68. The van der Waals surface area contributed by atoms with Crippen LogP contribution in [-0.2, 0) is 9.53 Å². The van der Waals surface area contributed by atoms with Crippen molar-refractivity contribution < 1.29 is 9.53 Å². The van der Waals surface area contributed by atoms with Gasteiger partial charge in [0.1, 0.15) is 0 Å². The fourth-order valence-electron chi connectivity index (χ4n) is 2.58. The van der Waals surface area contributed by atoms with E-state index >= 15 is 0 Å². The molecule has 0 spiro atoms. The van der Waals surface area contributed by atoms with E-state index < -0.39 is 0 Å². The number of ether oxygens (including phenoxy) is 1. The largest absolute Gasteiger partial charge is 0.385 e. The van der Waals surface area contributed by atoms with Gasteiger partial charge in [-0.2, -0.15) is 0 Å². The first kappa shape index (κ1) is 16.4. The van der Waals surface area contributed by atoms with Crippen LogP contribution in [0.25, 0.3) is 0 Å². The summed E-state index contributed by atoms with van der Waals surface area (Å²) in [6.45, 7) is 7.99. The maximum atomic E-state index is 11.9. The summed E-state index contributed by atoms with van der Waals surface area (Å²) in [5.74, 6) is 0.0981. The highest BCUT2D eigenvalue weighted by Crippen LogP contribution is 2.35. The molecule has 0 aliphatic heterocycles. The molecule has 1 atom stereocenters. The molecule has 4 nitrogen and oxygen atoms in total. The van der Waals surface area contributed by atoms with Crippen LogP contribution in [0.4, 0.5) is 0 Å². The second-order valence-electron chi connectivity index (χ2n) is 6.46. The maximum Gasteiger partial charge on any atom is 0.236 e. The first-order chi connectivity index (χ1) is 8.94. The van der Waals surface area contributed by atoms with E-state index in [1.807, 2.05) is 6.92 Å². The number of amides is 1. The predicted molar refractivity (Wildman–Crippen MR) is 78.1 cm³/mol. The second kappa shape index (κ2) is 7.85. The van der Waals surface area contributed by atoms with Gasteiger partial charge in [0.25, 0.3) is 0 Å². The minimum Gasteiger partial charge on any atom is -0.385 e.